The molecule has 0 N–H and O–H groups in total. The zero-order chi connectivity index (χ0) is 21.6. The first-order valence-electron chi connectivity index (χ1n) is 10.6. The van der Waals surface area contributed by atoms with Crippen LogP contribution < -0.4 is 4.90 Å². The summed E-state index contributed by atoms with van der Waals surface area (Å²) in [4.78, 5) is 16.6. The quantitative estimate of drug-likeness (QED) is 0.504. The number of amides is 1. The average Bonchev–Trinajstić information content (AvgIpc) is 3.32. The van der Waals surface area contributed by atoms with E-state index in [0.717, 1.165) is 28.9 Å². The van der Waals surface area contributed by atoms with Crippen LogP contribution in [-0.4, -0.2) is 30.9 Å². The van der Waals surface area contributed by atoms with E-state index in [9.17, 15) is 4.79 Å². The molecule has 0 bridgehead atoms. The zero-order valence-corrected chi connectivity index (χ0v) is 18.4. The standard InChI is InChI=1S/C27H25ClN2O/c1-29(26-15-11-24(12-16-26)23-9-13-25(28)14-10-23)27(31)17-8-21-4-6-22(7-5-21)20-30-18-2-3-19-30/h4-7,9-16H,2-3,18-20H2,1H3. The Hall–Kier alpha value is -3.06. The van der Waals surface area contributed by atoms with Crippen LogP contribution in [0.5, 0.6) is 0 Å². The third kappa shape index (κ3) is 5.55. The van der Waals surface area contributed by atoms with E-state index in [4.69, 9.17) is 11.6 Å². The van der Waals surface area contributed by atoms with Crippen LogP contribution in [0.1, 0.15) is 24.0 Å². The van der Waals surface area contributed by atoms with Gasteiger partial charge in [-0.05, 0) is 79.0 Å². The van der Waals surface area contributed by atoms with E-state index in [1.165, 1.54) is 31.5 Å². The Labute approximate surface area is 189 Å². The van der Waals surface area contributed by atoms with Gasteiger partial charge in [-0.25, -0.2) is 0 Å². The van der Waals surface area contributed by atoms with Gasteiger partial charge in [0.1, 0.15) is 0 Å². The molecule has 31 heavy (non-hydrogen) atoms. The number of carbonyl (C=O) groups is 1. The van der Waals surface area contributed by atoms with Crippen LogP contribution in [0.15, 0.2) is 72.8 Å². The smallest absolute Gasteiger partial charge is 0.302 e. The molecular formula is C27H25ClN2O. The number of hydrogen-bond acceptors (Lipinski definition) is 2. The minimum Gasteiger partial charge on any atom is -0.305 e. The molecule has 1 fully saturated rings. The lowest BCUT2D eigenvalue weighted by Gasteiger charge is -2.15. The molecule has 1 heterocycles. The highest BCUT2D eigenvalue weighted by Gasteiger charge is 2.11. The number of halogens is 1. The summed E-state index contributed by atoms with van der Waals surface area (Å²) >= 11 is 5.96. The van der Waals surface area contributed by atoms with Gasteiger partial charge in [-0.3, -0.25) is 9.69 Å². The van der Waals surface area contributed by atoms with Crippen LogP contribution in [0.2, 0.25) is 5.02 Å². The second-order valence-corrected chi connectivity index (χ2v) is 8.28. The van der Waals surface area contributed by atoms with Gasteiger partial charge in [0.2, 0.25) is 0 Å². The molecule has 3 nitrogen and oxygen atoms in total. The van der Waals surface area contributed by atoms with E-state index >= 15 is 0 Å². The molecule has 0 unspecified atom stereocenters. The summed E-state index contributed by atoms with van der Waals surface area (Å²) in [6, 6.07) is 23.7. The Morgan fingerprint density at radius 3 is 2.10 bits per heavy atom. The molecule has 0 atom stereocenters. The van der Waals surface area contributed by atoms with Crippen molar-refractivity contribution in [3.05, 3.63) is 88.9 Å². The van der Waals surface area contributed by atoms with Crippen molar-refractivity contribution in [2.45, 2.75) is 19.4 Å². The lowest BCUT2D eigenvalue weighted by atomic mass is 10.1. The van der Waals surface area contributed by atoms with Gasteiger partial charge in [0.15, 0.2) is 0 Å². The summed E-state index contributed by atoms with van der Waals surface area (Å²) in [5.74, 6) is 5.51. The minimum absolute atomic E-state index is 0.236. The van der Waals surface area contributed by atoms with Gasteiger partial charge in [-0.2, -0.15) is 0 Å². The third-order valence-electron chi connectivity index (χ3n) is 5.61. The van der Waals surface area contributed by atoms with Crippen LogP contribution in [0.4, 0.5) is 5.69 Å². The molecule has 0 spiro atoms. The van der Waals surface area contributed by atoms with E-state index in [1.807, 2.05) is 60.7 Å². The fourth-order valence-corrected chi connectivity index (χ4v) is 3.86. The molecule has 4 heteroatoms. The fraction of sp³-hybridized carbons (Fsp3) is 0.222. The predicted octanol–water partition coefficient (Wildman–Crippen LogP) is 5.62. The van der Waals surface area contributed by atoms with Crippen LogP contribution in [0.3, 0.4) is 0 Å². The molecular weight excluding hydrogens is 404 g/mol. The zero-order valence-electron chi connectivity index (χ0n) is 17.6. The Bertz CT molecular complexity index is 1090. The lowest BCUT2D eigenvalue weighted by Crippen LogP contribution is -2.24. The normalized spacial score (nSPS) is 13.5. The highest BCUT2D eigenvalue weighted by molar-refractivity contribution is 6.30. The molecule has 0 aliphatic carbocycles. The Kier molecular flexibility index (Phi) is 6.72. The van der Waals surface area contributed by atoms with E-state index in [-0.39, 0.29) is 5.91 Å². The Morgan fingerprint density at radius 2 is 1.48 bits per heavy atom. The second-order valence-electron chi connectivity index (χ2n) is 7.85. The number of rotatable bonds is 4. The number of hydrogen-bond donors (Lipinski definition) is 0. The fourth-order valence-electron chi connectivity index (χ4n) is 3.74. The Balaban J connectivity index is 1.38. The summed E-state index contributed by atoms with van der Waals surface area (Å²) in [7, 11) is 1.74. The minimum atomic E-state index is -0.236. The van der Waals surface area contributed by atoms with Crippen molar-refractivity contribution in [2.24, 2.45) is 0 Å². The predicted molar refractivity (Wildman–Crippen MR) is 128 cm³/mol. The molecule has 3 aromatic rings. The van der Waals surface area contributed by atoms with Crippen molar-refractivity contribution in [3.63, 3.8) is 0 Å². The molecule has 3 aromatic carbocycles. The van der Waals surface area contributed by atoms with Crippen LogP contribution >= 0.6 is 11.6 Å². The first kappa shape index (κ1) is 21.2. The Morgan fingerprint density at radius 1 is 0.903 bits per heavy atom. The average molecular weight is 429 g/mol. The number of carbonyl (C=O) groups excluding carboxylic acids is 1. The van der Waals surface area contributed by atoms with Crippen LogP contribution in [-0.2, 0) is 11.3 Å². The number of likely N-dealkylation sites (tertiary alicyclic amines) is 1. The van der Waals surface area contributed by atoms with Gasteiger partial charge < -0.3 is 4.90 Å². The van der Waals surface area contributed by atoms with E-state index in [0.29, 0.717) is 5.02 Å². The maximum absolute atomic E-state index is 12.5. The number of anilines is 1. The SMILES string of the molecule is CN(C(=O)C#Cc1ccc(CN2CCCC2)cc1)c1ccc(-c2ccc(Cl)cc2)cc1. The highest BCUT2D eigenvalue weighted by Crippen LogP contribution is 2.24. The first-order valence-corrected chi connectivity index (χ1v) is 10.9. The maximum Gasteiger partial charge on any atom is 0.302 e. The van der Waals surface area contributed by atoms with Crippen molar-refractivity contribution in [3.8, 4) is 23.0 Å². The number of benzene rings is 3. The molecule has 0 saturated carbocycles. The largest absolute Gasteiger partial charge is 0.305 e. The van der Waals surface area contributed by atoms with E-state index in [2.05, 4.69) is 28.9 Å². The molecule has 0 aromatic heterocycles. The van der Waals surface area contributed by atoms with Crippen LogP contribution in [0, 0.1) is 11.8 Å². The van der Waals surface area contributed by atoms with Gasteiger partial charge in [0.05, 0.1) is 0 Å². The third-order valence-corrected chi connectivity index (χ3v) is 5.86. The summed E-state index contributed by atoms with van der Waals surface area (Å²) in [6.45, 7) is 3.35. The molecule has 1 aliphatic heterocycles. The van der Waals surface area contributed by atoms with E-state index in [1.54, 1.807) is 11.9 Å². The van der Waals surface area contributed by atoms with Gasteiger partial charge in [0.25, 0.3) is 0 Å². The first-order chi connectivity index (χ1) is 15.1. The second kappa shape index (κ2) is 9.83. The van der Waals surface area contributed by atoms with Gasteiger partial charge >= 0.3 is 5.91 Å². The van der Waals surface area contributed by atoms with Gasteiger partial charge in [0, 0.05) is 35.8 Å². The molecule has 0 radical (unpaired) electrons. The maximum atomic E-state index is 12.5. The highest BCUT2D eigenvalue weighted by atomic mass is 35.5. The number of nitrogens with zero attached hydrogens (tertiary/aromatic N) is 2. The van der Waals surface area contributed by atoms with Crippen LogP contribution in [0.25, 0.3) is 11.1 Å². The monoisotopic (exact) mass is 428 g/mol. The summed E-state index contributed by atoms with van der Waals surface area (Å²) in [5, 5.41) is 0.713. The molecule has 1 saturated heterocycles. The van der Waals surface area contributed by atoms with Crippen molar-refractivity contribution in [2.75, 3.05) is 25.0 Å². The summed E-state index contributed by atoms with van der Waals surface area (Å²) < 4.78 is 0. The van der Waals surface area contributed by atoms with Crippen molar-refractivity contribution >= 4 is 23.2 Å². The summed E-state index contributed by atoms with van der Waals surface area (Å²) in [5.41, 5.74) is 5.10. The molecule has 4 rings (SSSR count). The van der Waals surface area contributed by atoms with Gasteiger partial charge in [-0.1, -0.05) is 53.9 Å². The van der Waals surface area contributed by atoms with E-state index < -0.39 is 0 Å². The molecule has 156 valence electrons. The van der Waals surface area contributed by atoms with Crippen molar-refractivity contribution in [1.29, 1.82) is 0 Å². The van der Waals surface area contributed by atoms with Crippen molar-refractivity contribution in [1.82, 2.24) is 4.90 Å². The molecule has 1 aliphatic rings. The topological polar surface area (TPSA) is 23.6 Å². The summed E-state index contributed by atoms with van der Waals surface area (Å²) in [6.07, 6.45) is 2.59. The lowest BCUT2D eigenvalue weighted by molar-refractivity contribution is -0.113. The molecule has 1 amide bonds. The van der Waals surface area contributed by atoms with Gasteiger partial charge in [-0.15, -0.1) is 0 Å². The van der Waals surface area contributed by atoms with Crippen molar-refractivity contribution < 1.29 is 4.79 Å².